The van der Waals surface area contributed by atoms with E-state index in [2.05, 4.69) is 4.98 Å². The standard InChI is InChI=1S/C21H25N3O3S/c1-5-24-19(26)11-21(20(24)27,17-9-7-6-8-14(17)2)10-18(25)23(4)12-16-13-28-15(3)22-16/h6-9,13H,5,10-12H2,1-4H3. The minimum atomic E-state index is -1.14. The van der Waals surface area contributed by atoms with Gasteiger partial charge in [-0.2, -0.15) is 0 Å². The van der Waals surface area contributed by atoms with E-state index in [1.54, 1.807) is 18.9 Å². The van der Waals surface area contributed by atoms with Gasteiger partial charge in [-0.1, -0.05) is 24.3 Å². The third kappa shape index (κ3) is 3.58. The van der Waals surface area contributed by atoms with E-state index in [1.165, 1.54) is 16.2 Å². The second-order valence-electron chi connectivity index (χ2n) is 7.30. The summed E-state index contributed by atoms with van der Waals surface area (Å²) in [7, 11) is 1.71. The molecule has 28 heavy (non-hydrogen) atoms. The van der Waals surface area contributed by atoms with Gasteiger partial charge in [0.25, 0.3) is 0 Å². The Kier molecular flexibility index (Phi) is 5.65. The first-order valence-corrected chi connectivity index (χ1v) is 10.2. The van der Waals surface area contributed by atoms with Crippen LogP contribution >= 0.6 is 11.3 Å². The van der Waals surface area contributed by atoms with Crippen molar-refractivity contribution in [3.05, 3.63) is 51.5 Å². The maximum Gasteiger partial charge on any atom is 0.240 e. The van der Waals surface area contributed by atoms with Gasteiger partial charge in [-0.15, -0.1) is 11.3 Å². The molecule has 1 fully saturated rings. The molecule has 0 N–H and O–H groups in total. The molecule has 1 aromatic carbocycles. The van der Waals surface area contributed by atoms with E-state index < -0.39 is 5.41 Å². The van der Waals surface area contributed by atoms with E-state index in [1.807, 2.05) is 43.5 Å². The van der Waals surface area contributed by atoms with E-state index in [4.69, 9.17) is 0 Å². The Bertz CT molecular complexity index is 923. The molecule has 2 heterocycles. The zero-order valence-electron chi connectivity index (χ0n) is 16.7. The molecule has 0 radical (unpaired) electrons. The van der Waals surface area contributed by atoms with Crippen LogP contribution in [0, 0.1) is 13.8 Å². The van der Waals surface area contributed by atoms with Crippen molar-refractivity contribution >= 4 is 29.1 Å². The van der Waals surface area contributed by atoms with Crippen molar-refractivity contribution in [2.75, 3.05) is 13.6 Å². The summed E-state index contributed by atoms with van der Waals surface area (Å²) >= 11 is 1.54. The lowest BCUT2D eigenvalue weighted by molar-refractivity contribution is -0.142. The third-order valence-electron chi connectivity index (χ3n) is 5.33. The van der Waals surface area contributed by atoms with Crippen LogP contribution in [0.15, 0.2) is 29.6 Å². The average Bonchev–Trinajstić information content (AvgIpc) is 3.16. The second-order valence-corrected chi connectivity index (χ2v) is 8.36. The van der Waals surface area contributed by atoms with Gasteiger partial charge < -0.3 is 4.90 Å². The lowest BCUT2D eigenvalue weighted by Crippen LogP contribution is -2.43. The Hall–Kier alpha value is -2.54. The number of likely N-dealkylation sites (tertiary alicyclic amines) is 1. The van der Waals surface area contributed by atoms with Crippen LogP contribution in [0.3, 0.4) is 0 Å². The van der Waals surface area contributed by atoms with Gasteiger partial charge in [0.2, 0.25) is 17.7 Å². The monoisotopic (exact) mass is 399 g/mol. The summed E-state index contributed by atoms with van der Waals surface area (Å²) in [5.41, 5.74) is 1.36. The van der Waals surface area contributed by atoms with Crippen molar-refractivity contribution in [3.8, 4) is 0 Å². The maximum absolute atomic E-state index is 13.3. The molecule has 148 valence electrons. The third-order valence-corrected chi connectivity index (χ3v) is 6.15. The smallest absolute Gasteiger partial charge is 0.240 e. The number of carbonyl (C=O) groups excluding carboxylic acids is 3. The predicted molar refractivity (Wildman–Crippen MR) is 108 cm³/mol. The van der Waals surface area contributed by atoms with Gasteiger partial charge in [0, 0.05) is 31.8 Å². The molecule has 1 unspecified atom stereocenters. The van der Waals surface area contributed by atoms with Crippen LogP contribution in [0.25, 0.3) is 0 Å². The van der Waals surface area contributed by atoms with Gasteiger partial charge in [-0.25, -0.2) is 4.98 Å². The van der Waals surface area contributed by atoms with Crippen LogP contribution in [-0.2, 0) is 26.3 Å². The van der Waals surface area contributed by atoms with Gasteiger partial charge in [0.05, 0.1) is 22.7 Å². The molecule has 1 saturated heterocycles. The zero-order chi connectivity index (χ0) is 20.5. The van der Waals surface area contributed by atoms with Crippen LogP contribution in [0.1, 0.15) is 41.6 Å². The number of hydrogen-bond acceptors (Lipinski definition) is 5. The number of likely N-dealkylation sites (N-methyl/N-ethyl adjacent to an activating group) is 1. The van der Waals surface area contributed by atoms with Crippen molar-refractivity contribution in [3.63, 3.8) is 0 Å². The van der Waals surface area contributed by atoms with E-state index in [0.29, 0.717) is 13.1 Å². The van der Waals surface area contributed by atoms with Gasteiger partial charge in [0.15, 0.2) is 0 Å². The first-order valence-electron chi connectivity index (χ1n) is 9.34. The topological polar surface area (TPSA) is 70.6 Å². The summed E-state index contributed by atoms with van der Waals surface area (Å²) < 4.78 is 0. The van der Waals surface area contributed by atoms with E-state index in [-0.39, 0.29) is 30.6 Å². The minimum Gasteiger partial charge on any atom is -0.340 e. The fourth-order valence-corrected chi connectivity index (χ4v) is 4.48. The Morgan fingerprint density at radius 1 is 1.29 bits per heavy atom. The van der Waals surface area contributed by atoms with Crippen LogP contribution in [0.2, 0.25) is 0 Å². The molecule has 3 rings (SSSR count). The molecule has 1 atom stereocenters. The summed E-state index contributed by atoms with van der Waals surface area (Å²) in [4.78, 5) is 46.1. The number of rotatable bonds is 6. The highest BCUT2D eigenvalue weighted by Crippen LogP contribution is 2.41. The predicted octanol–water partition coefficient (Wildman–Crippen LogP) is 2.83. The molecule has 3 amide bonds. The number of thiazole rings is 1. The molecule has 2 aromatic rings. The van der Waals surface area contributed by atoms with Crippen molar-refractivity contribution in [1.82, 2.24) is 14.8 Å². The van der Waals surface area contributed by atoms with Crippen molar-refractivity contribution < 1.29 is 14.4 Å². The molecule has 0 spiro atoms. The Labute approximate surface area is 169 Å². The van der Waals surface area contributed by atoms with Crippen LogP contribution in [0.5, 0.6) is 0 Å². The number of benzene rings is 1. The minimum absolute atomic E-state index is 0.0277. The summed E-state index contributed by atoms with van der Waals surface area (Å²) in [6.07, 6.45) is -0.00153. The van der Waals surface area contributed by atoms with Gasteiger partial charge in [0.1, 0.15) is 0 Å². The Morgan fingerprint density at radius 2 is 2.00 bits per heavy atom. The summed E-state index contributed by atoms with van der Waals surface area (Å²) in [5, 5.41) is 2.88. The molecular weight excluding hydrogens is 374 g/mol. The molecule has 1 aliphatic heterocycles. The SMILES string of the molecule is CCN1C(=O)CC(CC(=O)N(C)Cc2csc(C)n2)(c2ccccc2C)C1=O. The van der Waals surface area contributed by atoms with Crippen LogP contribution in [0.4, 0.5) is 0 Å². The van der Waals surface area contributed by atoms with Crippen LogP contribution < -0.4 is 0 Å². The molecule has 0 aliphatic carbocycles. The molecule has 0 saturated carbocycles. The number of carbonyl (C=O) groups is 3. The van der Waals surface area contributed by atoms with Crippen LogP contribution in [-0.4, -0.2) is 46.1 Å². The molecule has 6 nitrogen and oxygen atoms in total. The van der Waals surface area contributed by atoms with E-state index >= 15 is 0 Å². The van der Waals surface area contributed by atoms with E-state index in [0.717, 1.165) is 21.8 Å². The quantitative estimate of drug-likeness (QED) is 0.701. The number of imide groups is 1. The maximum atomic E-state index is 13.3. The number of hydrogen-bond donors (Lipinski definition) is 0. The van der Waals surface area contributed by atoms with Crippen molar-refractivity contribution in [1.29, 1.82) is 0 Å². The second kappa shape index (κ2) is 7.83. The van der Waals surface area contributed by atoms with Gasteiger partial charge >= 0.3 is 0 Å². The average molecular weight is 400 g/mol. The highest BCUT2D eigenvalue weighted by Gasteiger charge is 2.54. The molecule has 7 heteroatoms. The first kappa shape index (κ1) is 20.2. The number of amides is 3. The highest BCUT2D eigenvalue weighted by atomic mass is 32.1. The summed E-state index contributed by atoms with van der Waals surface area (Å²) in [5.74, 6) is -0.671. The number of aryl methyl sites for hydroxylation is 2. The Balaban J connectivity index is 1.92. The van der Waals surface area contributed by atoms with E-state index in [9.17, 15) is 14.4 Å². The van der Waals surface area contributed by atoms with Crippen molar-refractivity contribution in [2.24, 2.45) is 0 Å². The Morgan fingerprint density at radius 3 is 2.57 bits per heavy atom. The summed E-state index contributed by atoms with van der Waals surface area (Å²) in [6, 6.07) is 7.51. The zero-order valence-corrected chi connectivity index (χ0v) is 17.5. The highest BCUT2D eigenvalue weighted by molar-refractivity contribution is 7.09. The fourth-order valence-electron chi connectivity index (χ4n) is 3.88. The lowest BCUT2D eigenvalue weighted by atomic mass is 9.74. The molecular formula is C21H25N3O3S. The molecule has 1 aliphatic rings. The largest absolute Gasteiger partial charge is 0.340 e. The van der Waals surface area contributed by atoms with Gasteiger partial charge in [-0.3, -0.25) is 19.3 Å². The summed E-state index contributed by atoms with van der Waals surface area (Å²) in [6.45, 7) is 6.31. The first-order chi connectivity index (χ1) is 13.3. The number of nitrogens with zero attached hydrogens (tertiary/aromatic N) is 3. The lowest BCUT2D eigenvalue weighted by Gasteiger charge is -2.30. The normalized spacial score (nSPS) is 19.4. The molecule has 0 bridgehead atoms. The number of aromatic nitrogens is 1. The van der Waals surface area contributed by atoms with Crippen molar-refractivity contribution in [2.45, 2.75) is 45.6 Å². The molecule has 1 aromatic heterocycles. The fraction of sp³-hybridized carbons (Fsp3) is 0.429. The van der Waals surface area contributed by atoms with Gasteiger partial charge in [-0.05, 0) is 31.9 Å².